The van der Waals surface area contributed by atoms with Crippen molar-refractivity contribution in [2.45, 2.75) is 38.4 Å². The Bertz CT molecular complexity index is 698. The first-order chi connectivity index (χ1) is 12.6. The average Bonchev–Trinajstić information content (AvgIpc) is 2.67. The number of carbonyl (C=O) groups excluding carboxylic acids is 1. The Labute approximate surface area is 160 Å². The van der Waals surface area contributed by atoms with Gasteiger partial charge >= 0.3 is 0 Å². The highest BCUT2D eigenvalue weighted by atomic mass is 35.5. The Balaban J connectivity index is 1.65. The normalized spacial score (nSPS) is 17.2. The second kappa shape index (κ2) is 9.26. The third-order valence-electron chi connectivity index (χ3n) is 4.77. The van der Waals surface area contributed by atoms with Crippen molar-refractivity contribution in [3.05, 3.63) is 64.9 Å². The highest BCUT2D eigenvalue weighted by molar-refractivity contribution is 6.30. The predicted molar refractivity (Wildman–Crippen MR) is 103 cm³/mol. The minimum Gasteiger partial charge on any atom is -0.364 e. The maximum Gasteiger partial charge on any atom is 0.131 e. The van der Waals surface area contributed by atoms with E-state index in [0.717, 1.165) is 43.7 Å². The molecule has 1 saturated heterocycles. The monoisotopic (exact) mass is 372 g/mol. The molecule has 0 N–H and O–H groups in total. The van der Waals surface area contributed by atoms with Crippen LogP contribution in [0.5, 0.6) is 0 Å². The number of aromatic nitrogens is 1. The summed E-state index contributed by atoms with van der Waals surface area (Å²) in [6.07, 6.45) is 4.36. The number of ketones is 1. The summed E-state index contributed by atoms with van der Waals surface area (Å²) in [5.74, 6) is 0.251. The van der Waals surface area contributed by atoms with Crippen LogP contribution >= 0.6 is 11.6 Å². The molecule has 0 spiro atoms. The molecule has 0 aliphatic carbocycles. The first kappa shape index (κ1) is 19.0. The first-order valence-corrected chi connectivity index (χ1v) is 9.53. The van der Waals surface area contributed by atoms with Gasteiger partial charge in [-0.2, -0.15) is 0 Å². The number of nitrogens with zero attached hydrogens (tertiary/aromatic N) is 2. The van der Waals surface area contributed by atoms with Crippen molar-refractivity contribution >= 4 is 17.4 Å². The van der Waals surface area contributed by atoms with Crippen molar-refractivity contribution in [1.29, 1.82) is 0 Å². The largest absolute Gasteiger partial charge is 0.364 e. The first-order valence-electron chi connectivity index (χ1n) is 9.15. The molecule has 0 saturated carbocycles. The van der Waals surface area contributed by atoms with Gasteiger partial charge in [0, 0.05) is 37.3 Å². The Hall–Kier alpha value is -1.75. The number of likely N-dealkylation sites (tertiary alicyclic amines) is 1. The molecule has 0 amide bonds. The molecule has 1 aliphatic heterocycles. The van der Waals surface area contributed by atoms with Gasteiger partial charge in [0.05, 0.1) is 11.8 Å². The minimum absolute atomic E-state index is 0.186. The molecule has 1 fully saturated rings. The van der Waals surface area contributed by atoms with E-state index in [-0.39, 0.29) is 18.0 Å². The zero-order chi connectivity index (χ0) is 18.4. The number of halogens is 1. The third-order valence-corrected chi connectivity index (χ3v) is 5.02. The molecule has 4 nitrogen and oxygen atoms in total. The van der Waals surface area contributed by atoms with E-state index in [1.807, 2.05) is 42.5 Å². The second-order valence-electron chi connectivity index (χ2n) is 6.82. The summed E-state index contributed by atoms with van der Waals surface area (Å²) in [6, 6.07) is 13.7. The van der Waals surface area contributed by atoms with Crippen LogP contribution in [0.2, 0.25) is 5.02 Å². The molecule has 2 aromatic rings. The Morgan fingerprint density at radius 2 is 1.96 bits per heavy atom. The smallest absolute Gasteiger partial charge is 0.131 e. The van der Waals surface area contributed by atoms with Crippen LogP contribution in [0.1, 0.15) is 43.5 Å². The van der Waals surface area contributed by atoms with Gasteiger partial charge in [-0.3, -0.25) is 9.78 Å². The Kier molecular flexibility index (Phi) is 6.78. The van der Waals surface area contributed by atoms with E-state index in [1.165, 1.54) is 0 Å². The van der Waals surface area contributed by atoms with Crippen LogP contribution in [-0.4, -0.2) is 41.4 Å². The van der Waals surface area contributed by atoms with E-state index in [9.17, 15) is 4.79 Å². The van der Waals surface area contributed by atoms with Gasteiger partial charge in [0.1, 0.15) is 11.9 Å². The molecule has 0 unspecified atom stereocenters. The lowest BCUT2D eigenvalue weighted by atomic mass is 10.0. The number of carbonyl (C=O) groups is 1. The van der Waals surface area contributed by atoms with Crippen LogP contribution in [-0.2, 0) is 9.53 Å². The zero-order valence-corrected chi connectivity index (χ0v) is 15.9. The molecule has 1 aromatic carbocycles. The molecule has 26 heavy (non-hydrogen) atoms. The number of benzene rings is 1. The van der Waals surface area contributed by atoms with Gasteiger partial charge in [-0.1, -0.05) is 29.8 Å². The summed E-state index contributed by atoms with van der Waals surface area (Å²) < 4.78 is 6.48. The minimum atomic E-state index is -0.192. The summed E-state index contributed by atoms with van der Waals surface area (Å²) in [5, 5.41) is 0.715. The molecule has 0 bridgehead atoms. The van der Waals surface area contributed by atoms with E-state index < -0.39 is 0 Å². The second-order valence-corrected chi connectivity index (χ2v) is 7.25. The zero-order valence-electron chi connectivity index (χ0n) is 15.1. The van der Waals surface area contributed by atoms with Crippen LogP contribution in [0.15, 0.2) is 48.7 Å². The van der Waals surface area contributed by atoms with Gasteiger partial charge in [0.25, 0.3) is 0 Å². The molecule has 0 radical (unpaired) electrons. The van der Waals surface area contributed by atoms with Crippen LogP contribution in [0.3, 0.4) is 0 Å². The lowest BCUT2D eigenvalue weighted by molar-refractivity contribution is -0.117. The van der Waals surface area contributed by atoms with Crippen LogP contribution < -0.4 is 0 Å². The van der Waals surface area contributed by atoms with Crippen molar-refractivity contribution in [1.82, 2.24) is 9.88 Å². The number of Topliss-reactive ketones (excluding diaryl/α,β-unsaturated/α-hetero) is 1. The Morgan fingerprint density at radius 1 is 1.23 bits per heavy atom. The van der Waals surface area contributed by atoms with Crippen molar-refractivity contribution < 1.29 is 9.53 Å². The highest BCUT2D eigenvalue weighted by Crippen LogP contribution is 2.29. The number of hydrogen-bond donors (Lipinski definition) is 0. The van der Waals surface area contributed by atoms with Crippen molar-refractivity contribution in [2.75, 3.05) is 19.6 Å². The molecule has 5 heteroatoms. The molecule has 138 valence electrons. The van der Waals surface area contributed by atoms with Gasteiger partial charge in [-0.15, -0.1) is 0 Å². The van der Waals surface area contributed by atoms with Crippen molar-refractivity contribution in [3.8, 4) is 0 Å². The SMILES string of the molecule is CC(=O)CCN1CCC(O[C@@H](c2ccc(Cl)cc2)c2ccccn2)CC1. The number of hydrogen-bond acceptors (Lipinski definition) is 4. The predicted octanol–water partition coefficient (Wildman–Crippen LogP) is 4.28. The summed E-state index contributed by atoms with van der Waals surface area (Å²) in [4.78, 5) is 18.0. The van der Waals surface area contributed by atoms with Crippen LogP contribution in [0.25, 0.3) is 0 Å². The molecule has 1 aromatic heterocycles. The van der Waals surface area contributed by atoms with E-state index in [1.54, 1.807) is 13.1 Å². The third kappa shape index (κ3) is 5.37. The number of rotatable bonds is 7. The van der Waals surface area contributed by atoms with E-state index in [4.69, 9.17) is 16.3 Å². The highest BCUT2D eigenvalue weighted by Gasteiger charge is 2.25. The number of piperidine rings is 1. The summed E-state index contributed by atoms with van der Waals surface area (Å²) in [5.41, 5.74) is 1.97. The fourth-order valence-electron chi connectivity index (χ4n) is 3.26. The fourth-order valence-corrected chi connectivity index (χ4v) is 3.39. The lowest BCUT2D eigenvalue weighted by Gasteiger charge is -2.33. The standard InChI is InChI=1S/C21H25ClN2O2/c1-16(25)9-13-24-14-10-19(11-15-24)26-21(20-4-2-3-12-23-20)17-5-7-18(22)8-6-17/h2-8,12,19,21H,9-11,13-15H2,1H3/t21-/m0/s1. The summed E-state index contributed by atoms with van der Waals surface area (Å²) in [7, 11) is 0. The molecule has 3 rings (SSSR count). The van der Waals surface area contributed by atoms with E-state index in [2.05, 4.69) is 9.88 Å². The summed E-state index contributed by atoms with van der Waals surface area (Å²) >= 11 is 6.04. The summed E-state index contributed by atoms with van der Waals surface area (Å²) in [6.45, 7) is 4.43. The molecular weight excluding hydrogens is 348 g/mol. The van der Waals surface area contributed by atoms with Gasteiger partial charge in [-0.05, 0) is 49.6 Å². The number of pyridine rings is 1. The Morgan fingerprint density at radius 3 is 2.58 bits per heavy atom. The van der Waals surface area contributed by atoms with Crippen LogP contribution in [0, 0.1) is 0 Å². The van der Waals surface area contributed by atoms with Crippen molar-refractivity contribution in [2.24, 2.45) is 0 Å². The maximum absolute atomic E-state index is 11.2. The number of ether oxygens (including phenoxy) is 1. The fraction of sp³-hybridized carbons (Fsp3) is 0.429. The van der Waals surface area contributed by atoms with E-state index in [0.29, 0.717) is 11.4 Å². The van der Waals surface area contributed by atoms with Gasteiger partial charge in [0.2, 0.25) is 0 Å². The molecule has 2 heterocycles. The maximum atomic E-state index is 11.2. The van der Waals surface area contributed by atoms with Gasteiger partial charge in [-0.25, -0.2) is 0 Å². The lowest BCUT2D eigenvalue weighted by Crippen LogP contribution is -2.38. The molecule has 1 atom stereocenters. The molecular formula is C21H25ClN2O2. The van der Waals surface area contributed by atoms with Gasteiger partial charge < -0.3 is 9.64 Å². The average molecular weight is 373 g/mol. The topological polar surface area (TPSA) is 42.4 Å². The van der Waals surface area contributed by atoms with Crippen molar-refractivity contribution in [3.63, 3.8) is 0 Å². The van der Waals surface area contributed by atoms with Gasteiger partial charge in [0.15, 0.2) is 0 Å². The van der Waals surface area contributed by atoms with E-state index >= 15 is 0 Å². The quantitative estimate of drug-likeness (QED) is 0.727. The molecule has 1 aliphatic rings. The van der Waals surface area contributed by atoms with Crippen LogP contribution in [0.4, 0.5) is 0 Å².